The van der Waals surface area contributed by atoms with Crippen molar-refractivity contribution in [1.29, 1.82) is 0 Å². The smallest absolute Gasteiger partial charge is 0.390 e. The maximum absolute atomic E-state index is 12.0. The van der Waals surface area contributed by atoms with Crippen LogP contribution < -0.4 is 0 Å². The van der Waals surface area contributed by atoms with Crippen LogP contribution in [-0.2, 0) is 11.3 Å². The summed E-state index contributed by atoms with van der Waals surface area (Å²) in [5.41, 5.74) is 0.189. The zero-order valence-corrected chi connectivity index (χ0v) is 11.1. The van der Waals surface area contributed by atoms with E-state index in [2.05, 4.69) is 5.10 Å². The van der Waals surface area contributed by atoms with Gasteiger partial charge in [-0.05, 0) is 29.5 Å². The molecule has 17 heavy (non-hydrogen) atoms. The molecule has 1 aromatic heterocycles. The fraction of sp³-hybridized carbons (Fsp3) is 0.556. The van der Waals surface area contributed by atoms with Crippen LogP contribution in [0.3, 0.4) is 0 Å². The topological polar surface area (TPSA) is 44.1 Å². The van der Waals surface area contributed by atoms with Crippen LogP contribution in [0.4, 0.5) is 13.2 Å². The minimum absolute atomic E-state index is 0.189. The van der Waals surface area contributed by atoms with Gasteiger partial charge in [-0.2, -0.15) is 18.3 Å². The van der Waals surface area contributed by atoms with Gasteiger partial charge in [0, 0.05) is 0 Å². The second-order valence-electron chi connectivity index (χ2n) is 3.16. The van der Waals surface area contributed by atoms with Crippen LogP contribution in [0, 0.1) is 3.70 Å². The van der Waals surface area contributed by atoms with Gasteiger partial charge in [-0.25, -0.2) is 4.79 Å². The number of carbonyl (C=O) groups excluding carboxylic acids is 1. The molecule has 0 aliphatic heterocycles. The third-order valence-electron chi connectivity index (χ3n) is 1.88. The first kappa shape index (κ1) is 14.3. The Balaban J connectivity index is 2.74. The highest BCUT2D eigenvalue weighted by molar-refractivity contribution is 14.1. The molecule has 0 N–H and O–H groups in total. The molecule has 0 unspecified atom stereocenters. The van der Waals surface area contributed by atoms with E-state index in [0.29, 0.717) is 3.70 Å². The van der Waals surface area contributed by atoms with E-state index in [1.165, 1.54) is 6.20 Å². The molecule has 4 nitrogen and oxygen atoms in total. The van der Waals surface area contributed by atoms with Gasteiger partial charge in [-0.15, -0.1) is 0 Å². The fourth-order valence-corrected chi connectivity index (χ4v) is 1.83. The van der Waals surface area contributed by atoms with E-state index in [9.17, 15) is 18.0 Å². The highest BCUT2D eigenvalue weighted by atomic mass is 127. The Morgan fingerprint density at radius 2 is 2.24 bits per heavy atom. The zero-order chi connectivity index (χ0) is 13.1. The number of aromatic nitrogens is 2. The van der Waals surface area contributed by atoms with Crippen molar-refractivity contribution in [3.05, 3.63) is 15.5 Å². The molecule has 0 saturated carbocycles. The number of carbonyl (C=O) groups is 1. The summed E-state index contributed by atoms with van der Waals surface area (Å²) in [6.07, 6.45) is -4.00. The van der Waals surface area contributed by atoms with E-state index in [1.54, 1.807) is 29.5 Å². The maximum Gasteiger partial charge on any atom is 0.390 e. The van der Waals surface area contributed by atoms with Crippen LogP contribution in [0.5, 0.6) is 0 Å². The largest absolute Gasteiger partial charge is 0.462 e. The predicted molar refractivity (Wildman–Crippen MR) is 61.6 cm³/mol. The average molecular weight is 362 g/mol. The third-order valence-corrected chi connectivity index (χ3v) is 3.02. The number of aryl methyl sites for hydroxylation is 1. The lowest BCUT2D eigenvalue weighted by Gasteiger charge is -2.07. The molecule has 1 aromatic rings. The first-order valence-corrected chi connectivity index (χ1v) is 5.88. The van der Waals surface area contributed by atoms with Crippen molar-refractivity contribution >= 4 is 28.6 Å². The van der Waals surface area contributed by atoms with Crippen molar-refractivity contribution in [1.82, 2.24) is 9.78 Å². The first-order chi connectivity index (χ1) is 7.85. The van der Waals surface area contributed by atoms with Crippen molar-refractivity contribution in [3.8, 4) is 0 Å². The molecule has 0 fully saturated rings. The SMILES string of the molecule is CCOC(=O)c1cnn(CCC(F)(F)F)c1I. The quantitative estimate of drug-likeness (QED) is 0.611. The molecule has 0 amide bonds. The Morgan fingerprint density at radius 1 is 1.59 bits per heavy atom. The van der Waals surface area contributed by atoms with E-state index < -0.39 is 18.6 Å². The molecule has 0 aromatic carbocycles. The molecular formula is C9H10F3IN2O2. The van der Waals surface area contributed by atoms with E-state index in [-0.39, 0.29) is 18.7 Å². The van der Waals surface area contributed by atoms with Crippen LogP contribution in [0.1, 0.15) is 23.7 Å². The minimum Gasteiger partial charge on any atom is -0.462 e. The lowest BCUT2D eigenvalue weighted by atomic mass is 10.3. The highest BCUT2D eigenvalue weighted by Gasteiger charge is 2.27. The fourth-order valence-electron chi connectivity index (χ4n) is 1.10. The predicted octanol–water partition coefficient (Wildman–Crippen LogP) is 2.62. The lowest BCUT2D eigenvalue weighted by molar-refractivity contribution is -0.137. The van der Waals surface area contributed by atoms with Crippen molar-refractivity contribution in [2.45, 2.75) is 26.1 Å². The number of halogens is 4. The second-order valence-corrected chi connectivity index (χ2v) is 4.18. The standard InChI is InChI=1S/C9H10F3IN2O2/c1-2-17-8(16)6-5-14-15(7(6)13)4-3-9(10,11)12/h5H,2-4H2,1H3. The van der Waals surface area contributed by atoms with Crippen LogP contribution in [0.2, 0.25) is 0 Å². The Morgan fingerprint density at radius 3 is 2.76 bits per heavy atom. The van der Waals surface area contributed by atoms with Gasteiger partial charge in [0.05, 0.1) is 25.8 Å². The van der Waals surface area contributed by atoms with Gasteiger partial charge in [0.2, 0.25) is 0 Å². The van der Waals surface area contributed by atoms with E-state index in [4.69, 9.17) is 4.74 Å². The molecule has 96 valence electrons. The van der Waals surface area contributed by atoms with E-state index in [0.717, 1.165) is 4.68 Å². The minimum atomic E-state index is -4.24. The Hall–Kier alpha value is -0.800. The summed E-state index contributed by atoms with van der Waals surface area (Å²) in [7, 11) is 0. The second kappa shape index (κ2) is 5.69. The molecule has 1 rings (SSSR count). The molecule has 0 radical (unpaired) electrons. The van der Waals surface area contributed by atoms with E-state index >= 15 is 0 Å². The van der Waals surface area contributed by atoms with Gasteiger partial charge < -0.3 is 4.74 Å². The van der Waals surface area contributed by atoms with Crippen molar-refractivity contribution < 1.29 is 22.7 Å². The highest BCUT2D eigenvalue weighted by Crippen LogP contribution is 2.21. The van der Waals surface area contributed by atoms with Crippen LogP contribution in [-0.4, -0.2) is 28.5 Å². The summed E-state index contributed by atoms with van der Waals surface area (Å²) in [4.78, 5) is 11.4. The molecule has 1 heterocycles. The molecule has 0 saturated heterocycles. The molecular weight excluding hydrogens is 352 g/mol. The summed E-state index contributed by atoms with van der Waals surface area (Å²) < 4.78 is 42.3. The monoisotopic (exact) mass is 362 g/mol. The van der Waals surface area contributed by atoms with Crippen molar-refractivity contribution in [2.75, 3.05) is 6.61 Å². The maximum atomic E-state index is 12.0. The summed E-state index contributed by atoms with van der Waals surface area (Å²) in [5, 5.41) is 3.73. The molecule has 0 atom stereocenters. The number of hydrogen-bond acceptors (Lipinski definition) is 3. The average Bonchev–Trinajstić information content (AvgIpc) is 2.56. The molecule has 8 heteroatoms. The number of hydrogen-bond donors (Lipinski definition) is 0. The molecule has 0 bridgehead atoms. The lowest BCUT2D eigenvalue weighted by Crippen LogP contribution is -2.14. The Bertz CT molecular complexity index is 403. The van der Waals surface area contributed by atoms with Crippen molar-refractivity contribution in [3.63, 3.8) is 0 Å². The van der Waals surface area contributed by atoms with Crippen LogP contribution in [0.15, 0.2) is 6.20 Å². The van der Waals surface area contributed by atoms with Crippen LogP contribution >= 0.6 is 22.6 Å². The summed E-state index contributed by atoms with van der Waals surface area (Å²) in [6.45, 7) is 1.56. The van der Waals surface area contributed by atoms with Gasteiger partial charge in [0.15, 0.2) is 0 Å². The van der Waals surface area contributed by atoms with Gasteiger partial charge in [-0.3, -0.25) is 4.68 Å². The molecule has 0 aliphatic rings. The number of rotatable bonds is 4. The Kier molecular flexibility index (Phi) is 4.78. The van der Waals surface area contributed by atoms with Gasteiger partial charge in [-0.1, -0.05) is 0 Å². The first-order valence-electron chi connectivity index (χ1n) is 4.80. The third kappa shape index (κ3) is 4.17. The molecule has 0 aliphatic carbocycles. The summed E-state index contributed by atoms with van der Waals surface area (Å²) in [5.74, 6) is -0.574. The molecule has 0 spiro atoms. The van der Waals surface area contributed by atoms with Gasteiger partial charge in [0.25, 0.3) is 0 Å². The number of ether oxygens (including phenoxy) is 1. The Labute approximate surface area is 109 Å². The van der Waals surface area contributed by atoms with E-state index in [1.807, 2.05) is 0 Å². The van der Waals surface area contributed by atoms with Gasteiger partial charge >= 0.3 is 12.1 Å². The van der Waals surface area contributed by atoms with Crippen LogP contribution in [0.25, 0.3) is 0 Å². The van der Waals surface area contributed by atoms with Crippen molar-refractivity contribution in [2.24, 2.45) is 0 Å². The number of alkyl halides is 3. The number of nitrogens with zero attached hydrogens (tertiary/aromatic N) is 2. The summed E-state index contributed by atoms with van der Waals surface area (Å²) >= 11 is 1.77. The van der Waals surface area contributed by atoms with Gasteiger partial charge in [0.1, 0.15) is 9.26 Å². The zero-order valence-electron chi connectivity index (χ0n) is 8.92. The number of esters is 1. The normalized spacial score (nSPS) is 11.6. The summed E-state index contributed by atoms with van der Waals surface area (Å²) in [6, 6.07) is 0.